The van der Waals surface area contributed by atoms with E-state index in [-0.39, 0.29) is 5.91 Å². The average Bonchev–Trinajstić information content (AvgIpc) is 3.16. The summed E-state index contributed by atoms with van der Waals surface area (Å²) in [5.41, 5.74) is 2.01. The van der Waals surface area contributed by atoms with Crippen molar-refractivity contribution in [1.29, 1.82) is 0 Å². The maximum Gasteiger partial charge on any atom is 0.264 e. The number of nitrogens with zero attached hydrogens (tertiary/aromatic N) is 3. The van der Waals surface area contributed by atoms with Crippen LogP contribution in [0.3, 0.4) is 0 Å². The lowest BCUT2D eigenvalue weighted by Crippen LogP contribution is -2.33. The first kappa shape index (κ1) is 16.3. The summed E-state index contributed by atoms with van der Waals surface area (Å²) in [6, 6.07) is 12.2. The van der Waals surface area contributed by atoms with Crippen LogP contribution in [0.15, 0.2) is 36.4 Å². The molecule has 0 unspecified atom stereocenters. The molecule has 0 radical (unpaired) electrons. The molecule has 0 spiro atoms. The summed E-state index contributed by atoms with van der Waals surface area (Å²) < 4.78 is 1.96. The fourth-order valence-electron chi connectivity index (χ4n) is 3.50. The zero-order chi connectivity index (χ0) is 17.2. The number of benzene rings is 1. The first-order chi connectivity index (χ1) is 12.2. The van der Waals surface area contributed by atoms with Crippen molar-refractivity contribution in [1.82, 2.24) is 14.7 Å². The smallest absolute Gasteiger partial charge is 0.264 e. The molecule has 0 atom stereocenters. The van der Waals surface area contributed by atoms with Crippen LogP contribution in [0, 0.1) is 6.92 Å². The molecule has 3 heterocycles. The maximum atomic E-state index is 13.0. The van der Waals surface area contributed by atoms with Crippen molar-refractivity contribution in [2.24, 2.45) is 0 Å². The fraction of sp³-hybridized carbons (Fsp3) is 0.400. The van der Waals surface area contributed by atoms with Gasteiger partial charge in [-0.3, -0.25) is 4.79 Å². The van der Waals surface area contributed by atoms with E-state index in [1.807, 2.05) is 52.9 Å². The van der Waals surface area contributed by atoms with Crippen LogP contribution < -0.4 is 0 Å². The number of likely N-dealkylation sites (tertiary alicyclic amines) is 1. The van der Waals surface area contributed by atoms with Gasteiger partial charge in [-0.1, -0.05) is 37.5 Å². The molecule has 130 valence electrons. The monoisotopic (exact) mass is 353 g/mol. The van der Waals surface area contributed by atoms with E-state index in [4.69, 9.17) is 0 Å². The van der Waals surface area contributed by atoms with E-state index in [1.54, 1.807) is 11.3 Å². The number of hydrogen-bond donors (Lipinski definition) is 0. The Labute approximate surface area is 152 Å². The number of rotatable bonds is 2. The molecule has 5 heteroatoms. The SMILES string of the molecule is Cc1nn(-c2ccccc2)c2sc(C(=O)N3CCCCCCC3)cc12. The summed E-state index contributed by atoms with van der Waals surface area (Å²) in [6.45, 7) is 3.78. The van der Waals surface area contributed by atoms with Crippen molar-refractivity contribution in [3.63, 3.8) is 0 Å². The number of fused-ring (bicyclic) bond motifs is 1. The minimum absolute atomic E-state index is 0.183. The summed E-state index contributed by atoms with van der Waals surface area (Å²) in [4.78, 5) is 16.9. The normalized spacial score (nSPS) is 16.0. The second kappa shape index (κ2) is 7.00. The van der Waals surface area contributed by atoms with Crippen molar-refractivity contribution < 1.29 is 4.79 Å². The third kappa shape index (κ3) is 3.21. The zero-order valence-electron chi connectivity index (χ0n) is 14.6. The van der Waals surface area contributed by atoms with Gasteiger partial charge in [0.15, 0.2) is 0 Å². The molecule has 0 bridgehead atoms. The Hall–Kier alpha value is -2.14. The molecule has 1 fully saturated rings. The molecule has 0 N–H and O–H groups in total. The average molecular weight is 353 g/mol. The van der Waals surface area contributed by atoms with Crippen LogP contribution in [0.2, 0.25) is 0 Å². The summed E-state index contributed by atoms with van der Waals surface area (Å²) in [7, 11) is 0. The van der Waals surface area contributed by atoms with Crippen LogP contribution in [-0.2, 0) is 0 Å². The largest absolute Gasteiger partial charge is 0.338 e. The van der Waals surface area contributed by atoms with Gasteiger partial charge in [0, 0.05) is 18.5 Å². The van der Waals surface area contributed by atoms with E-state index >= 15 is 0 Å². The van der Waals surface area contributed by atoms with Gasteiger partial charge in [0.25, 0.3) is 5.91 Å². The van der Waals surface area contributed by atoms with Gasteiger partial charge in [0.05, 0.1) is 16.3 Å². The van der Waals surface area contributed by atoms with Crippen LogP contribution in [-0.4, -0.2) is 33.7 Å². The summed E-state index contributed by atoms with van der Waals surface area (Å²) in [5.74, 6) is 0.183. The van der Waals surface area contributed by atoms with Crippen LogP contribution in [0.5, 0.6) is 0 Å². The Bertz CT molecular complexity index is 873. The molecule has 4 nitrogen and oxygen atoms in total. The van der Waals surface area contributed by atoms with Gasteiger partial charge in [-0.05, 0) is 38.0 Å². The van der Waals surface area contributed by atoms with Crippen molar-refractivity contribution in [3.8, 4) is 5.69 Å². The highest BCUT2D eigenvalue weighted by molar-refractivity contribution is 7.20. The molecule has 4 rings (SSSR count). The lowest BCUT2D eigenvalue weighted by atomic mass is 10.1. The maximum absolute atomic E-state index is 13.0. The molecular weight excluding hydrogens is 330 g/mol. The van der Waals surface area contributed by atoms with E-state index in [9.17, 15) is 4.79 Å². The Kier molecular flexibility index (Phi) is 4.57. The highest BCUT2D eigenvalue weighted by Gasteiger charge is 2.21. The number of carbonyl (C=O) groups is 1. The number of hydrogen-bond acceptors (Lipinski definition) is 3. The van der Waals surface area contributed by atoms with Gasteiger partial charge in [-0.25, -0.2) is 4.68 Å². The molecule has 0 saturated carbocycles. The van der Waals surface area contributed by atoms with Crippen molar-refractivity contribution in [2.45, 2.75) is 39.0 Å². The third-order valence-corrected chi connectivity index (χ3v) is 6.00. The Morgan fingerprint density at radius 2 is 1.72 bits per heavy atom. The van der Waals surface area contributed by atoms with Crippen molar-refractivity contribution in [2.75, 3.05) is 13.1 Å². The molecule has 0 aliphatic carbocycles. The minimum atomic E-state index is 0.183. The highest BCUT2D eigenvalue weighted by atomic mass is 32.1. The summed E-state index contributed by atoms with van der Waals surface area (Å²) >= 11 is 1.56. The highest BCUT2D eigenvalue weighted by Crippen LogP contribution is 2.31. The van der Waals surface area contributed by atoms with Gasteiger partial charge in [-0.15, -0.1) is 11.3 Å². The van der Waals surface area contributed by atoms with Gasteiger partial charge in [0.1, 0.15) is 4.83 Å². The lowest BCUT2D eigenvalue weighted by molar-refractivity contribution is 0.0747. The van der Waals surface area contributed by atoms with Crippen LogP contribution in [0.4, 0.5) is 0 Å². The second-order valence-electron chi connectivity index (χ2n) is 6.72. The van der Waals surface area contributed by atoms with Gasteiger partial charge >= 0.3 is 0 Å². The molecule has 1 amide bonds. The molecule has 1 aromatic carbocycles. The lowest BCUT2D eigenvalue weighted by Gasteiger charge is -2.24. The van der Waals surface area contributed by atoms with Crippen LogP contribution >= 0.6 is 11.3 Å². The number of aromatic nitrogens is 2. The number of carbonyl (C=O) groups excluding carboxylic acids is 1. The van der Waals surface area contributed by atoms with Crippen molar-refractivity contribution >= 4 is 27.5 Å². The molecule has 3 aromatic rings. The first-order valence-electron chi connectivity index (χ1n) is 9.08. The Balaban J connectivity index is 1.68. The second-order valence-corrected chi connectivity index (χ2v) is 7.75. The standard InChI is InChI=1S/C20H23N3OS/c1-15-17-14-18(19(24)22-12-8-3-2-4-9-13-22)25-20(17)23(21-15)16-10-6-5-7-11-16/h5-7,10-11,14H,2-4,8-9,12-13H2,1H3. The molecular formula is C20H23N3OS. The predicted octanol–water partition coefficient (Wildman–Crippen LogP) is 4.80. The summed E-state index contributed by atoms with van der Waals surface area (Å²) in [6.07, 6.45) is 6.01. The summed E-state index contributed by atoms with van der Waals surface area (Å²) in [5, 5.41) is 5.75. The van der Waals surface area contributed by atoms with E-state index in [2.05, 4.69) is 5.10 Å². The Morgan fingerprint density at radius 1 is 1.04 bits per heavy atom. The van der Waals surface area contributed by atoms with Crippen molar-refractivity contribution in [3.05, 3.63) is 47.0 Å². The number of para-hydroxylation sites is 1. The number of thiophene rings is 1. The van der Waals surface area contributed by atoms with E-state index < -0.39 is 0 Å². The van der Waals surface area contributed by atoms with Gasteiger partial charge in [0.2, 0.25) is 0 Å². The first-order valence-corrected chi connectivity index (χ1v) is 9.89. The molecule has 1 aliphatic rings. The quantitative estimate of drug-likeness (QED) is 0.663. The van der Waals surface area contributed by atoms with E-state index in [1.165, 1.54) is 19.3 Å². The third-order valence-electron chi connectivity index (χ3n) is 4.90. The molecule has 1 saturated heterocycles. The van der Waals surface area contributed by atoms with Gasteiger partial charge < -0.3 is 4.90 Å². The Morgan fingerprint density at radius 3 is 2.44 bits per heavy atom. The number of aryl methyl sites for hydroxylation is 1. The minimum Gasteiger partial charge on any atom is -0.338 e. The zero-order valence-corrected chi connectivity index (χ0v) is 15.4. The van der Waals surface area contributed by atoms with E-state index in [0.717, 1.165) is 52.4 Å². The molecule has 25 heavy (non-hydrogen) atoms. The van der Waals surface area contributed by atoms with Crippen LogP contribution in [0.1, 0.15) is 47.5 Å². The fourth-order valence-corrected chi connectivity index (χ4v) is 4.65. The number of amides is 1. The van der Waals surface area contributed by atoms with Crippen LogP contribution in [0.25, 0.3) is 15.9 Å². The molecule has 1 aliphatic heterocycles. The van der Waals surface area contributed by atoms with E-state index in [0.29, 0.717) is 0 Å². The topological polar surface area (TPSA) is 38.1 Å². The molecule has 2 aromatic heterocycles. The predicted molar refractivity (Wildman–Crippen MR) is 103 cm³/mol. The van der Waals surface area contributed by atoms with Gasteiger partial charge in [-0.2, -0.15) is 5.10 Å².